The number of hydrogen-bond donors (Lipinski definition) is 2. The Morgan fingerprint density at radius 3 is 1.94 bits per heavy atom. The molecule has 18 heavy (non-hydrogen) atoms. The second-order valence-electron chi connectivity index (χ2n) is 3.53. The summed E-state index contributed by atoms with van der Waals surface area (Å²) in [5.41, 5.74) is 0.803. The van der Waals surface area contributed by atoms with Gasteiger partial charge in [-0.05, 0) is 13.8 Å². The average Bonchev–Trinajstić information content (AvgIpc) is 2.36. The third-order valence-corrected chi connectivity index (χ3v) is 2.25. The summed E-state index contributed by atoms with van der Waals surface area (Å²) >= 11 is 0. The van der Waals surface area contributed by atoms with E-state index in [1.165, 1.54) is 0 Å². The van der Waals surface area contributed by atoms with Gasteiger partial charge in [0.05, 0.1) is 32.1 Å². The summed E-state index contributed by atoms with van der Waals surface area (Å²) in [6.45, 7) is 9.34. The van der Waals surface area contributed by atoms with Crippen LogP contribution in [0.5, 0.6) is 0 Å². The molecule has 0 aromatic heterocycles. The first-order valence-electron chi connectivity index (χ1n) is 6.31. The molecule has 0 rings (SSSR count). The molecule has 0 radical (unpaired) electrons. The fourth-order valence-electron chi connectivity index (χ4n) is 1.57. The normalized spacial score (nSPS) is 9.78. The van der Waals surface area contributed by atoms with Gasteiger partial charge in [-0.3, -0.25) is 0 Å². The minimum Gasteiger partial charge on any atom is -0.464 e. The highest BCUT2D eigenvalue weighted by molar-refractivity contribution is 5.07. The van der Waals surface area contributed by atoms with Crippen molar-refractivity contribution in [2.24, 2.45) is 0 Å². The SMILES string of the molecule is C=CCC(=C(OCC)OCC)N(CCO)CCO. The van der Waals surface area contributed by atoms with Gasteiger partial charge in [-0.2, -0.15) is 0 Å². The van der Waals surface area contributed by atoms with E-state index in [1.54, 1.807) is 6.08 Å². The van der Waals surface area contributed by atoms with Gasteiger partial charge in [-0.1, -0.05) is 6.08 Å². The Hall–Kier alpha value is -1.20. The molecule has 0 spiro atoms. The van der Waals surface area contributed by atoms with Crippen molar-refractivity contribution in [2.75, 3.05) is 39.5 Å². The summed E-state index contributed by atoms with van der Waals surface area (Å²) in [5, 5.41) is 18.1. The van der Waals surface area contributed by atoms with Gasteiger partial charge in [0.1, 0.15) is 0 Å². The lowest BCUT2D eigenvalue weighted by Gasteiger charge is -2.27. The Kier molecular flexibility index (Phi) is 10.2. The Balaban J connectivity index is 5.12. The lowest BCUT2D eigenvalue weighted by Crippen LogP contribution is -2.31. The predicted octanol–water partition coefficient (Wildman–Crippen LogP) is 1.09. The number of aliphatic hydroxyl groups excluding tert-OH is 2. The van der Waals surface area contributed by atoms with E-state index in [0.29, 0.717) is 38.7 Å². The third kappa shape index (κ3) is 5.93. The van der Waals surface area contributed by atoms with E-state index >= 15 is 0 Å². The zero-order valence-electron chi connectivity index (χ0n) is 11.4. The quantitative estimate of drug-likeness (QED) is 0.429. The minimum absolute atomic E-state index is 0.00612. The van der Waals surface area contributed by atoms with Crippen LogP contribution in [0.25, 0.3) is 0 Å². The molecule has 0 saturated heterocycles. The van der Waals surface area contributed by atoms with Gasteiger partial charge in [0.2, 0.25) is 0 Å². The summed E-state index contributed by atoms with van der Waals surface area (Å²) < 4.78 is 11.0. The van der Waals surface area contributed by atoms with E-state index in [4.69, 9.17) is 19.7 Å². The maximum atomic E-state index is 9.07. The molecule has 0 amide bonds. The minimum atomic E-state index is 0.00612. The van der Waals surface area contributed by atoms with Crippen molar-refractivity contribution in [1.29, 1.82) is 0 Å². The molecule has 0 aliphatic heterocycles. The highest BCUT2D eigenvalue weighted by Gasteiger charge is 2.16. The van der Waals surface area contributed by atoms with Crippen molar-refractivity contribution < 1.29 is 19.7 Å². The molecule has 0 unspecified atom stereocenters. The summed E-state index contributed by atoms with van der Waals surface area (Å²) in [4.78, 5) is 1.85. The Morgan fingerprint density at radius 1 is 1.11 bits per heavy atom. The van der Waals surface area contributed by atoms with Crippen LogP contribution in [0.15, 0.2) is 24.3 Å². The number of aliphatic hydroxyl groups is 2. The fraction of sp³-hybridized carbons (Fsp3) is 0.692. The molecular formula is C13H25NO4. The van der Waals surface area contributed by atoms with Gasteiger partial charge in [0.25, 0.3) is 5.95 Å². The Labute approximate surface area is 109 Å². The van der Waals surface area contributed by atoms with Crippen LogP contribution in [0, 0.1) is 0 Å². The number of allylic oxidation sites excluding steroid dienone is 1. The Bertz CT molecular complexity index is 239. The summed E-state index contributed by atoms with van der Waals surface area (Å²) in [6, 6.07) is 0. The monoisotopic (exact) mass is 259 g/mol. The van der Waals surface area contributed by atoms with Crippen molar-refractivity contribution in [1.82, 2.24) is 4.90 Å². The highest BCUT2D eigenvalue weighted by atomic mass is 16.7. The molecule has 0 bridgehead atoms. The smallest absolute Gasteiger partial charge is 0.299 e. The Morgan fingerprint density at radius 2 is 1.61 bits per heavy atom. The van der Waals surface area contributed by atoms with Crippen LogP contribution in [-0.4, -0.2) is 54.6 Å². The largest absolute Gasteiger partial charge is 0.464 e. The van der Waals surface area contributed by atoms with E-state index in [2.05, 4.69) is 6.58 Å². The molecular weight excluding hydrogens is 234 g/mol. The van der Waals surface area contributed by atoms with Crippen LogP contribution in [-0.2, 0) is 9.47 Å². The van der Waals surface area contributed by atoms with Gasteiger partial charge < -0.3 is 24.6 Å². The molecule has 0 aliphatic rings. The highest BCUT2D eigenvalue weighted by Crippen LogP contribution is 2.17. The molecule has 0 saturated carbocycles. The van der Waals surface area contributed by atoms with Crippen LogP contribution in [0.1, 0.15) is 20.3 Å². The number of rotatable bonds is 11. The zero-order valence-corrected chi connectivity index (χ0v) is 11.4. The van der Waals surface area contributed by atoms with Gasteiger partial charge in [0, 0.05) is 19.5 Å². The molecule has 0 fully saturated rings. The second-order valence-corrected chi connectivity index (χ2v) is 3.53. The van der Waals surface area contributed by atoms with Crippen molar-refractivity contribution in [3.8, 4) is 0 Å². The first-order valence-corrected chi connectivity index (χ1v) is 6.31. The third-order valence-electron chi connectivity index (χ3n) is 2.25. The van der Waals surface area contributed by atoms with Crippen molar-refractivity contribution in [3.05, 3.63) is 24.3 Å². The van der Waals surface area contributed by atoms with Crippen molar-refractivity contribution in [3.63, 3.8) is 0 Å². The number of ether oxygens (including phenoxy) is 2. The van der Waals surface area contributed by atoms with Crippen LogP contribution >= 0.6 is 0 Å². The first-order chi connectivity index (χ1) is 8.74. The fourth-order valence-corrected chi connectivity index (χ4v) is 1.57. The number of nitrogens with zero attached hydrogens (tertiary/aromatic N) is 1. The van der Waals surface area contributed by atoms with E-state index in [9.17, 15) is 0 Å². The lowest BCUT2D eigenvalue weighted by atomic mass is 10.2. The van der Waals surface area contributed by atoms with Crippen LogP contribution in [0.4, 0.5) is 0 Å². The maximum absolute atomic E-state index is 9.07. The van der Waals surface area contributed by atoms with E-state index in [1.807, 2.05) is 18.7 Å². The first kappa shape index (κ1) is 16.8. The standard InChI is InChI=1S/C13H25NO4/c1-4-7-12(13(17-5-2)18-6-3)14(8-10-15)9-11-16/h4,15-16H,1,5-11H2,2-3H3. The summed E-state index contributed by atoms with van der Waals surface area (Å²) in [5.74, 6) is 0.446. The molecule has 106 valence electrons. The van der Waals surface area contributed by atoms with Crippen LogP contribution < -0.4 is 0 Å². The molecule has 5 nitrogen and oxygen atoms in total. The van der Waals surface area contributed by atoms with Crippen molar-refractivity contribution >= 4 is 0 Å². The van der Waals surface area contributed by atoms with Crippen LogP contribution in [0.3, 0.4) is 0 Å². The summed E-state index contributed by atoms with van der Waals surface area (Å²) in [6.07, 6.45) is 2.31. The molecule has 0 aromatic carbocycles. The average molecular weight is 259 g/mol. The molecule has 0 heterocycles. The van der Waals surface area contributed by atoms with E-state index in [0.717, 1.165) is 5.70 Å². The van der Waals surface area contributed by atoms with E-state index in [-0.39, 0.29) is 13.2 Å². The summed E-state index contributed by atoms with van der Waals surface area (Å²) in [7, 11) is 0. The molecule has 0 atom stereocenters. The van der Waals surface area contributed by atoms with E-state index < -0.39 is 0 Å². The predicted molar refractivity (Wildman–Crippen MR) is 70.8 cm³/mol. The van der Waals surface area contributed by atoms with Gasteiger partial charge in [0.15, 0.2) is 0 Å². The molecule has 0 aromatic rings. The molecule has 0 aliphatic carbocycles. The van der Waals surface area contributed by atoms with Crippen molar-refractivity contribution in [2.45, 2.75) is 20.3 Å². The number of hydrogen-bond acceptors (Lipinski definition) is 5. The second kappa shape index (κ2) is 10.9. The van der Waals surface area contributed by atoms with Gasteiger partial charge in [-0.15, -0.1) is 6.58 Å². The van der Waals surface area contributed by atoms with Gasteiger partial charge >= 0.3 is 0 Å². The zero-order chi connectivity index (χ0) is 13.8. The molecule has 2 N–H and O–H groups in total. The topological polar surface area (TPSA) is 62.2 Å². The molecule has 5 heteroatoms. The lowest BCUT2D eigenvalue weighted by molar-refractivity contribution is 0.0312. The van der Waals surface area contributed by atoms with Crippen LogP contribution in [0.2, 0.25) is 0 Å². The van der Waals surface area contributed by atoms with Gasteiger partial charge in [-0.25, -0.2) is 0 Å². The maximum Gasteiger partial charge on any atom is 0.299 e.